The van der Waals surface area contributed by atoms with Gasteiger partial charge in [-0.1, -0.05) is 6.08 Å². The molecule has 1 aliphatic heterocycles. The minimum atomic E-state index is 0.295. The largest absolute Gasteiger partial charge is 0.396 e. The van der Waals surface area contributed by atoms with Gasteiger partial charge in [0.25, 0.3) is 0 Å². The quantitative estimate of drug-likeness (QED) is 0.646. The molecule has 1 heterocycles. The van der Waals surface area contributed by atoms with Crippen LogP contribution in [0.2, 0.25) is 0 Å². The summed E-state index contributed by atoms with van der Waals surface area (Å²) in [4.78, 5) is 0. The lowest BCUT2D eigenvalue weighted by molar-refractivity contribution is 0.148. The predicted molar refractivity (Wildman–Crippen MR) is 59.7 cm³/mol. The van der Waals surface area contributed by atoms with Crippen LogP contribution in [0.15, 0.2) is 11.6 Å². The summed E-state index contributed by atoms with van der Waals surface area (Å²) >= 11 is 0. The van der Waals surface area contributed by atoms with Gasteiger partial charge in [0, 0.05) is 19.2 Å². The molecular weight excluding hydrogens is 190 g/mol. The molecule has 3 nitrogen and oxygen atoms in total. The molecule has 1 saturated carbocycles. The van der Waals surface area contributed by atoms with Gasteiger partial charge >= 0.3 is 0 Å². The monoisotopic (exact) mass is 211 g/mol. The lowest BCUT2D eigenvalue weighted by Gasteiger charge is -2.20. The summed E-state index contributed by atoms with van der Waals surface area (Å²) in [7, 11) is 0. The van der Waals surface area contributed by atoms with Crippen LogP contribution in [0.4, 0.5) is 0 Å². The van der Waals surface area contributed by atoms with Gasteiger partial charge in [0.15, 0.2) is 0 Å². The number of hydrogen-bond donors (Lipinski definition) is 2. The highest BCUT2D eigenvalue weighted by molar-refractivity contribution is 5.07. The Labute approximate surface area is 91.5 Å². The van der Waals surface area contributed by atoms with E-state index in [2.05, 4.69) is 11.4 Å². The molecule has 0 aromatic rings. The summed E-state index contributed by atoms with van der Waals surface area (Å²) in [5, 5.41) is 12.5. The molecule has 0 amide bonds. The van der Waals surface area contributed by atoms with Gasteiger partial charge in [-0.2, -0.15) is 0 Å². The Balaban J connectivity index is 1.71. The summed E-state index contributed by atoms with van der Waals surface area (Å²) in [5.41, 5.74) is 1.37. The van der Waals surface area contributed by atoms with E-state index in [4.69, 9.17) is 9.84 Å². The molecule has 0 saturated heterocycles. The van der Waals surface area contributed by atoms with E-state index >= 15 is 0 Å². The number of aliphatic hydroxyl groups is 1. The standard InChI is InChI=1S/C12H21NO2/c14-6-5-12(11-3-4-11)13-8-10-2-1-7-15-9-10/h2,11-14H,1,3-9H2. The maximum atomic E-state index is 8.97. The summed E-state index contributed by atoms with van der Waals surface area (Å²) in [6.45, 7) is 2.88. The molecule has 86 valence electrons. The normalized spacial score (nSPS) is 23.7. The molecular formula is C12H21NO2. The van der Waals surface area contributed by atoms with Crippen LogP contribution < -0.4 is 5.32 Å². The van der Waals surface area contributed by atoms with Crippen LogP contribution in [0.5, 0.6) is 0 Å². The van der Waals surface area contributed by atoms with Crippen molar-refractivity contribution < 1.29 is 9.84 Å². The van der Waals surface area contributed by atoms with Crippen molar-refractivity contribution in [2.45, 2.75) is 31.7 Å². The number of aliphatic hydroxyl groups excluding tert-OH is 1. The van der Waals surface area contributed by atoms with E-state index in [1.165, 1.54) is 18.4 Å². The van der Waals surface area contributed by atoms with Gasteiger partial charge in [0.05, 0.1) is 13.2 Å². The van der Waals surface area contributed by atoms with Gasteiger partial charge in [-0.15, -0.1) is 0 Å². The van der Waals surface area contributed by atoms with Crippen LogP contribution >= 0.6 is 0 Å². The number of hydrogen-bond acceptors (Lipinski definition) is 3. The van der Waals surface area contributed by atoms with E-state index in [0.29, 0.717) is 12.6 Å². The van der Waals surface area contributed by atoms with Crippen molar-refractivity contribution in [1.82, 2.24) is 5.32 Å². The fourth-order valence-corrected chi connectivity index (χ4v) is 2.14. The fourth-order valence-electron chi connectivity index (χ4n) is 2.14. The van der Waals surface area contributed by atoms with Crippen molar-refractivity contribution in [1.29, 1.82) is 0 Å². The highest BCUT2D eigenvalue weighted by atomic mass is 16.5. The molecule has 0 spiro atoms. The number of ether oxygens (including phenoxy) is 1. The third-order valence-electron chi connectivity index (χ3n) is 3.21. The Morgan fingerprint density at radius 2 is 2.40 bits per heavy atom. The molecule has 2 N–H and O–H groups in total. The topological polar surface area (TPSA) is 41.5 Å². The summed E-state index contributed by atoms with van der Waals surface area (Å²) in [6.07, 6.45) is 6.86. The Bertz CT molecular complexity index is 224. The Morgan fingerprint density at radius 1 is 1.53 bits per heavy atom. The lowest BCUT2D eigenvalue weighted by Crippen LogP contribution is -2.34. The molecule has 2 aliphatic rings. The average molecular weight is 211 g/mol. The molecule has 0 aromatic carbocycles. The molecule has 1 unspecified atom stereocenters. The van der Waals surface area contributed by atoms with Crippen LogP contribution in [-0.4, -0.2) is 37.5 Å². The summed E-state index contributed by atoms with van der Waals surface area (Å²) in [6, 6.07) is 0.512. The van der Waals surface area contributed by atoms with E-state index in [0.717, 1.165) is 38.5 Å². The highest BCUT2D eigenvalue weighted by Crippen LogP contribution is 2.33. The third-order valence-corrected chi connectivity index (χ3v) is 3.21. The minimum Gasteiger partial charge on any atom is -0.396 e. The molecule has 0 aromatic heterocycles. The van der Waals surface area contributed by atoms with Crippen LogP contribution in [0.1, 0.15) is 25.7 Å². The zero-order chi connectivity index (χ0) is 10.5. The maximum absolute atomic E-state index is 8.97. The first-order valence-corrected chi connectivity index (χ1v) is 6.00. The minimum absolute atomic E-state index is 0.295. The first kappa shape index (κ1) is 11.1. The summed E-state index contributed by atoms with van der Waals surface area (Å²) in [5.74, 6) is 0.808. The van der Waals surface area contributed by atoms with E-state index in [1.807, 2.05) is 0 Å². The van der Waals surface area contributed by atoms with Gasteiger partial charge in [0.2, 0.25) is 0 Å². The average Bonchev–Trinajstić information content (AvgIpc) is 3.09. The second kappa shape index (κ2) is 5.64. The molecule has 0 radical (unpaired) electrons. The number of rotatable bonds is 6. The first-order valence-electron chi connectivity index (χ1n) is 6.00. The van der Waals surface area contributed by atoms with Crippen molar-refractivity contribution in [2.75, 3.05) is 26.4 Å². The van der Waals surface area contributed by atoms with Crippen LogP contribution in [0.25, 0.3) is 0 Å². The molecule has 0 bridgehead atoms. The third kappa shape index (κ3) is 3.59. The van der Waals surface area contributed by atoms with Gasteiger partial charge < -0.3 is 15.2 Å². The van der Waals surface area contributed by atoms with Crippen LogP contribution in [0.3, 0.4) is 0 Å². The van der Waals surface area contributed by atoms with Crippen LogP contribution in [-0.2, 0) is 4.74 Å². The van der Waals surface area contributed by atoms with Gasteiger partial charge in [-0.25, -0.2) is 0 Å². The lowest BCUT2D eigenvalue weighted by atomic mass is 10.1. The Morgan fingerprint density at radius 3 is 3.00 bits per heavy atom. The molecule has 1 aliphatic carbocycles. The van der Waals surface area contributed by atoms with E-state index in [1.54, 1.807) is 0 Å². The molecule has 2 rings (SSSR count). The zero-order valence-electron chi connectivity index (χ0n) is 9.24. The fraction of sp³-hybridized carbons (Fsp3) is 0.833. The van der Waals surface area contributed by atoms with Gasteiger partial charge in [-0.3, -0.25) is 0 Å². The van der Waals surface area contributed by atoms with Crippen molar-refractivity contribution in [2.24, 2.45) is 5.92 Å². The van der Waals surface area contributed by atoms with Crippen molar-refractivity contribution >= 4 is 0 Å². The second-order valence-corrected chi connectivity index (χ2v) is 4.54. The number of nitrogens with one attached hydrogen (secondary N) is 1. The van der Waals surface area contributed by atoms with Crippen LogP contribution in [0, 0.1) is 5.92 Å². The van der Waals surface area contributed by atoms with E-state index in [9.17, 15) is 0 Å². The van der Waals surface area contributed by atoms with Crippen molar-refractivity contribution in [3.63, 3.8) is 0 Å². The SMILES string of the molecule is OCCC(NCC1=CCCOC1)C1CC1. The highest BCUT2D eigenvalue weighted by Gasteiger charge is 2.30. The molecule has 1 fully saturated rings. The first-order chi connectivity index (χ1) is 7.40. The van der Waals surface area contributed by atoms with E-state index in [-0.39, 0.29) is 0 Å². The summed E-state index contributed by atoms with van der Waals surface area (Å²) < 4.78 is 5.39. The van der Waals surface area contributed by atoms with E-state index < -0.39 is 0 Å². The van der Waals surface area contributed by atoms with Crippen molar-refractivity contribution in [3.05, 3.63) is 11.6 Å². The maximum Gasteiger partial charge on any atom is 0.0689 e. The molecule has 3 heteroatoms. The Kier molecular flexibility index (Phi) is 4.18. The van der Waals surface area contributed by atoms with Crippen molar-refractivity contribution in [3.8, 4) is 0 Å². The smallest absolute Gasteiger partial charge is 0.0689 e. The Hall–Kier alpha value is -0.380. The molecule has 15 heavy (non-hydrogen) atoms. The second-order valence-electron chi connectivity index (χ2n) is 4.54. The predicted octanol–water partition coefficient (Wildman–Crippen LogP) is 1.08. The van der Waals surface area contributed by atoms with Gasteiger partial charge in [0.1, 0.15) is 0 Å². The molecule has 1 atom stereocenters. The van der Waals surface area contributed by atoms with Gasteiger partial charge in [-0.05, 0) is 37.2 Å². The zero-order valence-corrected chi connectivity index (χ0v) is 9.24.